The molecule has 1 aliphatic rings. The maximum Gasteiger partial charge on any atom is 0.0674 e. The summed E-state index contributed by atoms with van der Waals surface area (Å²) in [6.45, 7) is 11.0. The third-order valence-electron chi connectivity index (χ3n) is 2.90. The third-order valence-corrected chi connectivity index (χ3v) is 2.90. The van der Waals surface area contributed by atoms with Crippen molar-refractivity contribution in [3.8, 4) is 0 Å². The van der Waals surface area contributed by atoms with Crippen LogP contribution >= 0.6 is 0 Å². The summed E-state index contributed by atoms with van der Waals surface area (Å²) in [5.41, 5.74) is 0. The molecule has 0 aromatic rings. The van der Waals surface area contributed by atoms with E-state index in [4.69, 9.17) is 4.74 Å². The Morgan fingerprint density at radius 2 is 2.20 bits per heavy atom. The largest absolute Gasteiger partial charge is 0.376 e. The first-order valence-corrected chi connectivity index (χ1v) is 6.37. The zero-order valence-electron chi connectivity index (χ0n) is 10.3. The van der Waals surface area contributed by atoms with Gasteiger partial charge in [0.2, 0.25) is 0 Å². The Hall–Kier alpha value is -0.120. The molecule has 1 atom stereocenters. The van der Waals surface area contributed by atoms with Crippen molar-refractivity contribution in [3.63, 3.8) is 0 Å². The molecule has 1 fully saturated rings. The maximum atomic E-state index is 5.52. The minimum Gasteiger partial charge on any atom is -0.376 e. The van der Waals surface area contributed by atoms with Gasteiger partial charge in [-0.3, -0.25) is 4.90 Å². The van der Waals surface area contributed by atoms with E-state index in [-0.39, 0.29) is 0 Å². The first kappa shape index (κ1) is 12.9. The molecule has 15 heavy (non-hydrogen) atoms. The van der Waals surface area contributed by atoms with E-state index in [0.29, 0.717) is 6.10 Å². The zero-order valence-corrected chi connectivity index (χ0v) is 10.3. The van der Waals surface area contributed by atoms with Crippen LogP contribution in [0.4, 0.5) is 0 Å². The molecule has 0 aromatic carbocycles. The van der Waals surface area contributed by atoms with Gasteiger partial charge in [0.15, 0.2) is 0 Å². The summed E-state index contributed by atoms with van der Waals surface area (Å²) in [6.07, 6.45) is 4.42. The predicted molar refractivity (Wildman–Crippen MR) is 64.2 cm³/mol. The van der Waals surface area contributed by atoms with Crippen molar-refractivity contribution in [2.45, 2.75) is 39.2 Å². The zero-order chi connectivity index (χ0) is 10.9. The van der Waals surface area contributed by atoms with Crippen LogP contribution in [0, 0.1) is 0 Å². The summed E-state index contributed by atoms with van der Waals surface area (Å²) >= 11 is 0. The second-order valence-corrected chi connectivity index (χ2v) is 4.40. The molecule has 1 N–H and O–H groups in total. The van der Waals surface area contributed by atoms with E-state index in [2.05, 4.69) is 24.1 Å². The molecule has 1 heterocycles. The summed E-state index contributed by atoms with van der Waals surface area (Å²) in [6, 6.07) is 0. The summed E-state index contributed by atoms with van der Waals surface area (Å²) in [7, 11) is 0. The fourth-order valence-electron chi connectivity index (χ4n) is 2.03. The Bertz CT molecular complexity index is 153. The molecular weight excluding hydrogens is 188 g/mol. The van der Waals surface area contributed by atoms with Crippen LogP contribution in [0.15, 0.2) is 0 Å². The van der Waals surface area contributed by atoms with Crippen molar-refractivity contribution in [2.24, 2.45) is 0 Å². The molecule has 0 aromatic heterocycles. The topological polar surface area (TPSA) is 24.5 Å². The SMILES string of the molecule is CCNCCCCCN1CCOC(C)C1. The van der Waals surface area contributed by atoms with Gasteiger partial charge in [0.25, 0.3) is 0 Å². The van der Waals surface area contributed by atoms with Gasteiger partial charge in [-0.2, -0.15) is 0 Å². The highest BCUT2D eigenvalue weighted by Gasteiger charge is 2.15. The number of hydrogen-bond acceptors (Lipinski definition) is 3. The number of hydrogen-bond donors (Lipinski definition) is 1. The lowest BCUT2D eigenvalue weighted by molar-refractivity contribution is -0.0186. The molecule has 0 saturated carbocycles. The van der Waals surface area contributed by atoms with Gasteiger partial charge in [-0.05, 0) is 39.4 Å². The smallest absolute Gasteiger partial charge is 0.0674 e. The molecule has 1 aliphatic heterocycles. The highest BCUT2D eigenvalue weighted by molar-refractivity contribution is 4.67. The van der Waals surface area contributed by atoms with Crippen LogP contribution < -0.4 is 5.32 Å². The molecule has 0 spiro atoms. The number of ether oxygens (including phenoxy) is 1. The number of nitrogens with zero attached hydrogens (tertiary/aromatic N) is 1. The highest BCUT2D eigenvalue weighted by Crippen LogP contribution is 2.06. The number of nitrogens with one attached hydrogen (secondary N) is 1. The average molecular weight is 214 g/mol. The predicted octanol–water partition coefficient (Wildman–Crippen LogP) is 1.49. The van der Waals surface area contributed by atoms with Crippen LogP contribution in [0.3, 0.4) is 0 Å². The van der Waals surface area contributed by atoms with Crippen molar-refractivity contribution in [1.82, 2.24) is 10.2 Å². The first-order valence-electron chi connectivity index (χ1n) is 6.37. The molecular formula is C12H26N2O. The van der Waals surface area contributed by atoms with Gasteiger partial charge >= 0.3 is 0 Å². The van der Waals surface area contributed by atoms with E-state index < -0.39 is 0 Å². The van der Waals surface area contributed by atoms with Crippen molar-refractivity contribution >= 4 is 0 Å². The lowest BCUT2D eigenvalue weighted by Crippen LogP contribution is -2.41. The fourth-order valence-corrected chi connectivity index (χ4v) is 2.03. The average Bonchev–Trinajstić information content (AvgIpc) is 2.23. The molecule has 1 saturated heterocycles. The van der Waals surface area contributed by atoms with E-state index in [1.807, 2.05) is 0 Å². The maximum absolute atomic E-state index is 5.52. The quantitative estimate of drug-likeness (QED) is 0.650. The molecule has 1 rings (SSSR count). The molecule has 0 aliphatic carbocycles. The molecule has 3 nitrogen and oxygen atoms in total. The van der Waals surface area contributed by atoms with Crippen molar-refractivity contribution in [3.05, 3.63) is 0 Å². The van der Waals surface area contributed by atoms with Crippen LogP contribution in [0.1, 0.15) is 33.1 Å². The molecule has 0 bridgehead atoms. The third kappa shape index (κ3) is 6.13. The highest BCUT2D eigenvalue weighted by atomic mass is 16.5. The van der Waals surface area contributed by atoms with Gasteiger partial charge in [0.05, 0.1) is 12.7 Å². The lowest BCUT2D eigenvalue weighted by Gasteiger charge is -2.30. The number of rotatable bonds is 7. The van der Waals surface area contributed by atoms with Gasteiger partial charge in [0.1, 0.15) is 0 Å². The van der Waals surface area contributed by atoms with Gasteiger partial charge in [0, 0.05) is 13.1 Å². The van der Waals surface area contributed by atoms with Crippen molar-refractivity contribution in [2.75, 3.05) is 39.3 Å². The van der Waals surface area contributed by atoms with Gasteiger partial charge in [-0.25, -0.2) is 0 Å². The molecule has 1 unspecified atom stereocenters. The summed E-state index contributed by atoms with van der Waals surface area (Å²) < 4.78 is 5.52. The minimum absolute atomic E-state index is 0.431. The molecule has 0 radical (unpaired) electrons. The first-order chi connectivity index (χ1) is 7.33. The van der Waals surface area contributed by atoms with E-state index in [1.165, 1.54) is 32.4 Å². The minimum atomic E-state index is 0.431. The van der Waals surface area contributed by atoms with Crippen LogP contribution in [0.5, 0.6) is 0 Å². The molecule has 0 amide bonds. The Morgan fingerprint density at radius 3 is 2.93 bits per heavy atom. The van der Waals surface area contributed by atoms with Crippen LogP contribution in [-0.4, -0.2) is 50.3 Å². The van der Waals surface area contributed by atoms with Crippen LogP contribution in [0.25, 0.3) is 0 Å². The van der Waals surface area contributed by atoms with E-state index in [1.54, 1.807) is 0 Å². The monoisotopic (exact) mass is 214 g/mol. The van der Waals surface area contributed by atoms with Crippen molar-refractivity contribution < 1.29 is 4.74 Å². The number of morpholine rings is 1. The van der Waals surface area contributed by atoms with E-state index in [9.17, 15) is 0 Å². The standard InChI is InChI=1S/C12H26N2O/c1-3-13-7-5-4-6-8-14-9-10-15-12(2)11-14/h12-13H,3-11H2,1-2H3. The van der Waals surface area contributed by atoms with Crippen molar-refractivity contribution in [1.29, 1.82) is 0 Å². The Morgan fingerprint density at radius 1 is 1.33 bits per heavy atom. The van der Waals surface area contributed by atoms with Gasteiger partial charge in [-0.15, -0.1) is 0 Å². The normalized spacial score (nSPS) is 23.2. The molecule has 90 valence electrons. The number of unbranched alkanes of at least 4 members (excludes halogenated alkanes) is 2. The second kappa shape index (κ2) is 8.08. The summed E-state index contributed by atoms with van der Waals surface area (Å²) in [5, 5.41) is 3.36. The molecule has 3 heteroatoms. The van der Waals surface area contributed by atoms with Crippen LogP contribution in [0.2, 0.25) is 0 Å². The summed E-state index contributed by atoms with van der Waals surface area (Å²) in [5.74, 6) is 0. The Kier molecular flexibility index (Phi) is 6.98. The Labute approximate surface area is 94.2 Å². The fraction of sp³-hybridized carbons (Fsp3) is 1.00. The summed E-state index contributed by atoms with van der Waals surface area (Å²) in [4.78, 5) is 2.53. The lowest BCUT2D eigenvalue weighted by atomic mass is 10.2. The van der Waals surface area contributed by atoms with Gasteiger partial charge in [-0.1, -0.05) is 13.3 Å². The second-order valence-electron chi connectivity index (χ2n) is 4.40. The van der Waals surface area contributed by atoms with E-state index in [0.717, 1.165) is 26.2 Å². The van der Waals surface area contributed by atoms with Crippen LogP contribution in [-0.2, 0) is 4.74 Å². The van der Waals surface area contributed by atoms with Gasteiger partial charge < -0.3 is 10.1 Å². The Balaban J connectivity index is 1.90. The van der Waals surface area contributed by atoms with E-state index >= 15 is 0 Å².